The molecule has 1 aliphatic heterocycles. The number of nitrogens with one attached hydrogen (secondary N) is 1. The number of aryl methyl sites for hydroxylation is 1. The van der Waals surface area contributed by atoms with E-state index in [1.54, 1.807) is 0 Å². The molecule has 2 heterocycles. The molecule has 0 spiro atoms. The van der Waals surface area contributed by atoms with Crippen molar-refractivity contribution < 1.29 is 4.74 Å². The highest BCUT2D eigenvalue weighted by atomic mass is 16.5. The van der Waals surface area contributed by atoms with Crippen molar-refractivity contribution in [3.05, 3.63) is 53.6 Å². The topological polar surface area (TPSA) is 62.9 Å². The van der Waals surface area contributed by atoms with Crippen LogP contribution in [0.3, 0.4) is 0 Å². The van der Waals surface area contributed by atoms with Gasteiger partial charge in [-0.3, -0.25) is 0 Å². The summed E-state index contributed by atoms with van der Waals surface area (Å²) in [6.07, 6.45) is 5.95. The molecule has 0 bridgehead atoms. The fourth-order valence-electron chi connectivity index (χ4n) is 3.12. The summed E-state index contributed by atoms with van der Waals surface area (Å²) in [5, 5.41) is 12.5. The van der Waals surface area contributed by atoms with Crippen molar-refractivity contribution in [2.75, 3.05) is 13.2 Å². The van der Waals surface area contributed by atoms with E-state index in [-0.39, 0.29) is 6.04 Å². The van der Waals surface area contributed by atoms with Crippen LogP contribution in [0, 0.1) is 17.2 Å². The van der Waals surface area contributed by atoms with Crippen LogP contribution in [0.15, 0.2) is 36.7 Å². The first-order valence-electron chi connectivity index (χ1n) is 8.05. The Labute approximate surface area is 136 Å². The quantitative estimate of drug-likeness (QED) is 0.922. The summed E-state index contributed by atoms with van der Waals surface area (Å²) in [6, 6.07) is 10.1. The normalized spacial score (nSPS) is 16.9. The van der Waals surface area contributed by atoms with Gasteiger partial charge >= 0.3 is 0 Å². The number of hydrogen-bond acceptors (Lipinski definition) is 4. The summed E-state index contributed by atoms with van der Waals surface area (Å²) in [6.45, 7) is 2.41. The Kier molecular flexibility index (Phi) is 5.06. The van der Waals surface area contributed by atoms with Crippen LogP contribution in [-0.2, 0) is 18.3 Å². The van der Waals surface area contributed by atoms with Gasteiger partial charge in [-0.2, -0.15) is 5.26 Å². The molecule has 1 N–H and O–H groups in total. The second-order valence-corrected chi connectivity index (χ2v) is 6.01. The fraction of sp³-hybridized carbons (Fsp3) is 0.444. The maximum atomic E-state index is 8.88. The number of benzene rings is 1. The van der Waals surface area contributed by atoms with Crippen LogP contribution in [0.1, 0.15) is 35.8 Å². The molecule has 5 heteroatoms. The molecule has 2 aromatic rings. The van der Waals surface area contributed by atoms with Gasteiger partial charge in [0.05, 0.1) is 17.7 Å². The van der Waals surface area contributed by atoms with Crippen LogP contribution in [0.4, 0.5) is 0 Å². The number of nitrogens with zero attached hydrogens (tertiary/aromatic N) is 3. The van der Waals surface area contributed by atoms with Crippen LogP contribution >= 0.6 is 0 Å². The average Bonchev–Trinajstić information content (AvgIpc) is 3.03. The van der Waals surface area contributed by atoms with E-state index < -0.39 is 0 Å². The third-order valence-electron chi connectivity index (χ3n) is 4.48. The lowest BCUT2D eigenvalue weighted by atomic mass is 9.91. The first-order valence-corrected chi connectivity index (χ1v) is 8.05. The minimum Gasteiger partial charge on any atom is -0.381 e. The molecule has 0 amide bonds. The number of nitriles is 1. The van der Waals surface area contributed by atoms with E-state index in [2.05, 4.69) is 20.9 Å². The van der Waals surface area contributed by atoms with E-state index >= 15 is 0 Å². The maximum Gasteiger partial charge on any atom is 0.125 e. The van der Waals surface area contributed by atoms with Gasteiger partial charge in [-0.1, -0.05) is 12.1 Å². The Bertz CT molecular complexity index is 665. The molecule has 1 aromatic carbocycles. The molecule has 1 atom stereocenters. The van der Waals surface area contributed by atoms with Gasteiger partial charge in [0, 0.05) is 39.2 Å². The summed E-state index contributed by atoms with van der Waals surface area (Å²) < 4.78 is 7.59. The summed E-state index contributed by atoms with van der Waals surface area (Å²) >= 11 is 0. The molecule has 5 nitrogen and oxygen atoms in total. The maximum absolute atomic E-state index is 8.88. The van der Waals surface area contributed by atoms with Crippen molar-refractivity contribution in [1.82, 2.24) is 14.9 Å². The second-order valence-electron chi connectivity index (χ2n) is 6.01. The largest absolute Gasteiger partial charge is 0.381 e. The monoisotopic (exact) mass is 310 g/mol. The van der Waals surface area contributed by atoms with Gasteiger partial charge in [-0.05, 0) is 36.5 Å². The predicted octanol–water partition coefficient (Wildman–Crippen LogP) is 2.55. The molecular weight excluding hydrogens is 288 g/mol. The van der Waals surface area contributed by atoms with Crippen molar-refractivity contribution >= 4 is 0 Å². The third kappa shape index (κ3) is 3.79. The van der Waals surface area contributed by atoms with Crippen LogP contribution < -0.4 is 5.32 Å². The Morgan fingerprint density at radius 1 is 1.35 bits per heavy atom. The predicted molar refractivity (Wildman–Crippen MR) is 87.5 cm³/mol. The minimum atomic E-state index is 0.217. The zero-order valence-corrected chi connectivity index (χ0v) is 13.4. The van der Waals surface area contributed by atoms with Crippen LogP contribution in [0.2, 0.25) is 0 Å². The third-order valence-corrected chi connectivity index (χ3v) is 4.48. The Hall–Kier alpha value is -2.16. The molecule has 1 aliphatic rings. The molecule has 0 aliphatic carbocycles. The standard InChI is InChI=1S/C18H22N4O/c1-22-9-8-20-18(22)17(16-6-10-23-11-7-16)21-13-15-4-2-14(12-19)3-5-15/h2-5,8-9,16-17,21H,6-7,10-11,13H2,1H3. The molecule has 1 fully saturated rings. The van der Waals surface area contributed by atoms with Crippen molar-refractivity contribution in [3.63, 3.8) is 0 Å². The van der Waals surface area contributed by atoms with Crippen LogP contribution in [0.5, 0.6) is 0 Å². The molecule has 0 saturated carbocycles. The fourth-order valence-corrected chi connectivity index (χ4v) is 3.12. The summed E-state index contributed by atoms with van der Waals surface area (Å²) in [4.78, 5) is 4.55. The highest BCUT2D eigenvalue weighted by Crippen LogP contribution is 2.29. The Balaban J connectivity index is 1.73. The lowest BCUT2D eigenvalue weighted by molar-refractivity contribution is 0.0518. The van der Waals surface area contributed by atoms with Gasteiger partial charge in [0.15, 0.2) is 0 Å². The molecule has 0 radical (unpaired) electrons. The zero-order chi connectivity index (χ0) is 16.1. The smallest absolute Gasteiger partial charge is 0.125 e. The van der Waals surface area contributed by atoms with E-state index in [9.17, 15) is 0 Å². The molecule has 120 valence electrons. The van der Waals surface area contributed by atoms with Crippen molar-refractivity contribution in [2.45, 2.75) is 25.4 Å². The van der Waals surface area contributed by atoms with Crippen molar-refractivity contribution in [3.8, 4) is 6.07 Å². The number of rotatable bonds is 5. The van der Waals surface area contributed by atoms with E-state index in [4.69, 9.17) is 10.00 Å². The number of ether oxygens (including phenoxy) is 1. The van der Waals surface area contributed by atoms with Crippen molar-refractivity contribution in [2.24, 2.45) is 13.0 Å². The number of aromatic nitrogens is 2. The van der Waals surface area contributed by atoms with E-state index in [1.165, 1.54) is 5.56 Å². The van der Waals surface area contributed by atoms with Crippen molar-refractivity contribution in [1.29, 1.82) is 5.26 Å². The first kappa shape index (κ1) is 15.7. The SMILES string of the molecule is Cn1ccnc1C(NCc1ccc(C#N)cc1)C1CCOCC1. The summed E-state index contributed by atoms with van der Waals surface area (Å²) in [7, 11) is 2.04. The second kappa shape index (κ2) is 7.40. The van der Waals surface area contributed by atoms with Gasteiger partial charge < -0.3 is 14.6 Å². The molecular formula is C18H22N4O. The molecule has 23 heavy (non-hydrogen) atoms. The zero-order valence-electron chi connectivity index (χ0n) is 13.4. The molecule has 1 unspecified atom stereocenters. The van der Waals surface area contributed by atoms with E-state index in [0.717, 1.165) is 38.4 Å². The lowest BCUT2D eigenvalue weighted by Crippen LogP contribution is -2.33. The lowest BCUT2D eigenvalue weighted by Gasteiger charge is -2.30. The van der Waals surface area contributed by atoms with Gasteiger partial charge in [0.2, 0.25) is 0 Å². The van der Waals surface area contributed by atoms with Crippen LogP contribution in [-0.4, -0.2) is 22.8 Å². The highest BCUT2D eigenvalue weighted by Gasteiger charge is 2.27. The van der Waals surface area contributed by atoms with Gasteiger partial charge in [-0.25, -0.2) is 4.98 Å². The number of hydrogen-bond donors (Lipinski definition) is 1. The molecule has 1 aromatic heterocycles. The van der Waals surface area contributed by atoms with Gasteiger partial charge in [0.25, 0.3) is 0 Å². The number of imidazole rings is 1. The van der Waals surface area contributed by atoms with E-state index in [1.807, 2.05) is 43.7 Å². The molecule has 1 saturated heterocycles. The van der Waals surface area contributed by atoms with Gasteiger partial charge in [0.1, 0.15) is 5.82 Å². The minimum absolute atomic E-state index is 0.217. The Morgan fingerprint density at radius 3 is 2.70 bits per heavy atom. The highest BCUT2D eigenvalue weighted by molar-refractivity contribution is 5.31. The first-order chi connectivity index (χ1) is 11.3. The summed E-state index contributed by atoms with van der Waals surface area (Å²) in [5.74, 6) is 1.61. The van der Waals surface area contributed by atoms with Crippen LogP contribution in [0.25, 0.3) is 0 Å². The molecule has 3 rings (SSSR count). The Morgan fingerprint density at radius 2 is 2.09 bits per heavy atom. The summed E-state index contributed by atoms with van der Waals surface area (Å²) in [5.41, 5.74) is 1.87. The van der Waals surface area contributed by atoms with E-state index in [0.29, 0.717) is 11.5 Å². The average molecular weight is 310 g/mol. The van der Waals surface area contributed by atoms with Gasteiger partial charge in [-0.15, -0.1) is 0 Å².